The normalized spacial score (nSPS) is 14.5. The molecule has 0 radical (unpaired) electrons. The van der Waals surface area contributed by atoms with Gasteiger partial charge >= 0.3 is 39.5 Å². The van der Waals surface area contributed by atoms with Gasteiger partial charge in [-0.2, -0.15) is 0 Å². The van der Waals surface area contributed by atoms with Crippen LogP contribution in [0.15, 0.2) is 24.3 Å². The van der Waals surface area contributed by atoms with E-state index in [2.05, 4.69) is 58.9 Å². The summed E-state index contributed by atoms with van der Waals surface area (Å²) in [6.45, 7) is 7.23. The van der Waals surface area contributed by atoms with Crippen LogP contribution in [-0.2, 0) is 65.4 Å². The van der Waals surface area contributed by atoms with Gasteiger partial charge in [0.2, 0.25) is 0 Å². The number of hydrogen-bond acceptors (Lipinski definition) is 15. The van der Waals surface area contributed by atoms with Gasteiger partial charge in [-0.1, -0.05) is 309 Å². The van der Waals surface area contributed by atoms with Crippen molar-refractivity contribution in [2.75, 3.05) is 39.6 Å². The summed E-state index contributed by atoms with van der Waals surface area (Å²) in [5, 5.41) is 10.6. The molecular weight excluding hydrogens is 1220 g/mol. The summed E-state index contributed by atoms with van der Waals surface area (Å²) in [5.41, 5.74) is 0. The predicted octanol–water partition coefficient (Wildman–Crippen LogP) is 21.2. The summed E-state index contributed by atoms with van der Waals surface area (Å²) >= 11 is 0. The number of unbranched alkanes of at least 4 members (excludes halogenated alkanes) is 40. The van der Waals surface area contributed by atoms with E-state index in [1.165, 1.54) is 173 Å². The quantitative estimate of drug-likeness (QED) is 0.0169. The largest absolute Gasteiger partial charge is 0.472 e. The molecule has 3 unspecified atom stereocenters. The van der Waals surface area contributed by atoms with Gasteiger partial charge in [0.1, 0.15) is 19.3 Å². The van der Waals surface area contributed by atoms with E-state index in [0.29, 0.717) is 25.7 Å². The standard InChI is InChI=1S/C74H140O17P2/c1-6-10-13-16-19-22-25-27-29-31-33-40-45-50-55-60-74(79)91-70(64-85-72(77)58-53-48-43-38-35-34-36-41-46-51-56-67(5)9-4)66-89-93(82,83)87-62-68(75)61-86-92(80,81)88-65-69(63-84-71(76)57-52-47-42-37-24-21-18-15-12-8-3)90-73(78)59-54-49-44-39-32-30-28-26-23-20-17-14-11-7-2/h22,25,27,29,67-70,75H,6-21,23-24,26,28,30-66H2,1-5H3,(H,80,81)(H,82,83)/b25-22-,29-27-/t67?,68-,69+,70+/m0/s1. The molecule has 0 aromatic carbocycles. The number of aliphatic hydroxyl groups is 1. The SMILES string of the molecule is CCCCCC/C=C\C=C/CCCCCCCC(=O)O[C@H](COC(=O)CCCCCCCCCCCCC(C)CC)COP(=O)(O)OC[C@@H](O)COP(=O)(O)OC[C@@H](COC(=O)CCCCCCCCCCCC)OC(=O)CCCCCCCCCCCCCCCC. The van der Waals surface area contributed by atoms with E-state index in [1.807, 2.05) is 0 Å². The Kier molecular flexibility index (Phi) is 65.0. The molecule has 0 fully saturated rings. The highest BCUT2D eigenvalue weighted by molar-refractivity contribution is 7.47. The van der Waals surface area contributed by atoms with Crippen molar-refractivity contribution in [1.29, 1.82) is 0 Å². The molecule has 0 bridgehead atoms. The van der Waals surface area contributed by atoms with E-state index in [0.717, 1.165) is 109 Å². The van der Waals surface area contributed by atoms with Crippen LogP contribution in [0.2, 0.25) is 0 Å². The van der Waals surface area contributed by atoms with Crippen molar-refractivity contribution >= 4 is 39.5 Å². The maximum absolute atomic E-state index is 13.1. The lowest BCUT2D eigenvalue weighted by molar-refractivity contribution is -0.161. The zero-order valence-electron chi connectivity index (χ0n) is 59.9. The smallest absolute Gasteiger partial charge is 0.462 e. The van der Waals surface area contributed by atoms with Crippen molar-refractivity contribution in [3.8, 4) is 0 Å². The average Bonchev–Trinajstić information content (AvgIpc) is 3.65. The molecule has 0 aliphatic carbocycles. The van der Waals surface area contributed by atoms with Gasteiger partial charge < -0.3 is 33.8 Å². The van der Waals surface area contributed by atoms with Crippen LogP contribution in [0.4, 0.5) is 0 Å². The summed E-state index contributed by atoms with van der Waals surface area (Å²) in [7, 11) is -9.92. The Morgan fingerprint density at radius 2 is 0.602 bits per heavy atom. The second-order valence-corrected chi connectivity index (χ2v) is 29.1. The fraction of sp³-hybridized carbons (Fsp3) is 0.892. The van der Waals surface area contributed by atoms with Crippen LogP contribution in [0.3, 0.4) is 0 Å². The van der Waals surface area contributed by atoms with Crippen LogP contribution in [-0.4, -0.2) is 96.7 Å². The van der Waals surface area contributed by atoms with Crippen LogP contribution in [0.5, 0.6) is 0 Å². The number of allylic oxidation sites excluding steroid dienone is 4. The number of esters is 4. The molecule has 0 heterocycles. The lowest BCUT2D eigenvalue weighted by Crippen LogP contribution is -2.30. The van der Waals surface area contributed by atoms with Crippen LogP contribution in [0, 0.1) is 5.92 Å². The molecule has 0 aliphatic rings. The highest BCUT2D eigenvalue weighted by Crippen LogP contribution is 2.45. The van der Waals surface area contributed by atoms with Gasteiger partial charge in [0.15, 0.2) is 12.2 Å². The third-order valence-corrected chi connectivity index (χ3v) is 18.9. The summed E-state index contributed by atoms with van der Waals surface area (Å²) in [6, 6.07) is 0. The fourth-order valence-corrected chi connectivity index (χ4v) is 12.4. The van der Waals surface area contributed by atoms with Crippen LogP contribution >= 0.6 is 15.6 Å². The molecule has 548 valence electrons. The Bertz CT molecular complexity index is 1880. The van der Waals surface area contributed by atoms with E-state index in [1.54, 1.807) is 0 Å². The van der Waals surface area contributed by atoms with Crippen molar-refractivity contribution < 1.29 is 80.2 Å². The van der Waals surface area contributed by atoms with Gasteiger partial charge in [-0.15, -0.1) is 0 Å². The second-order valence-electron chi connectivity index (χ2n) is 26.2. The number of phosphoric ester groups is 2. The minimum atomic E-state index is -4.96. The monoisotopic (exact) mass is 1360 g/mol. The van der Waals surface area contributed by atoms with E-state index in [-0.39, 0.29) is 25.7 Å². The minimum absolute atomic E-state index is 0.0852. The molecule has 0 aliphatic heterocycles. The number of aliphatic hydroxyl groups excluding tert-OH is 1. The van der Waals surface area contributed by atoms with Crippen molar-refractivity contribution in [3.05, 3.63) is 24.3 Å². The Morgan fingerprint density at radius 3 is 0.914 bits per heavy atom. The molecule has 0 saturated heterocycles. The molecule has 17 nitrogen and oxygen atoms in total. The molecule has 0 amide bonds. The summed E-state index contributed by atoms with van der Waals surface area (Å²) in [6.07, 6.45) is 57.4. The van der Waals surface area contributed by atoms with Crippen LogP contribution in [0.1, 0.15) is 362 Å². The Labute approximate surface area is 567 Å². The Balaban J connectivity index is 5.29. The molecule has 93 heavy (non-hydrogen) atoms. The minimum Gasteiger partial charge on any atom is -0.462 e. The molecule has 0 rings (SSSR count). The average molecular weight is 1360 g/mol. The molecule has 0 spiro atoms. The Hall–Kier alpha value is -2.46. The summed E-state index contributed by atoms with van der Waals surface area (Å²) < 4.78 is 68.4. The number of ether oxygens (including phenoxy) is 4. The number of hydrogen-bond donors (Lipinski definition) is 3. The fourth-order valence-electron chi connectivity index (χ4n) is 10.8. The van der Waals surface area contributed by atoms with Crippen LogP contribution < -0.4 is 0 Å². The second kappa shape index (κ2) is 66.8. The van der Waals surface area contributed by atoms with Crippen molar-refractivity contribution in [1.82, 2.24) is 0 Å². The molecule has 6 atom stereocenters. The number of carbonyl (C=O) groups excluding carboxylic acids is 4. The lowest BCUT2D eigenvalue weighted by atomic mass is 9.99. The van der Waals surface area contributed by atoms with Crippen LogP contribution in [0.25, 0.3) is 0 Å². The van der Waals surface area contributed by atoms with Gasteiger partial charge in [-0.3, -0.25) is 37.3 Å². The first-order chi connectivity index (χ1) is 45.1. The predicted molar refractivity (Wildman–Crippen MR) is 377 cm³/mol. The maximum atomic E-state index is 13.1. The maximum Gasteiger partial charge on any atom is 0.472 e. The first-order valence-corrected chi connectivity index (χ1v) is 41.0. The van der Waals surface area contributed by atoms with Gasteiger partial charge in [-0.05, 0) is 57.3 Å². The molecule has 0 aromatic rings. The van der Waals surface area contributed by atoms with Crippen molar-refractivity contribution in [2.45, 2.75) is 380 Å². The zero-order valence-corrected chi connectivity index (χ0v) is 61.7. The summed E-state index contributed by atoms with van der Waals surface area (Å²) in [5.74, 6) is -1.34. The highest BCUT2D eigenvalue weighted by Gasteiger charge is 2.30. The van der Waals surface area contributed by atoms with Gasteiger partial charge in [0, 0.05) is 25.7 Å². The molecule has 0 aromatic heterocycles. The van der Waals surface area contributed by atoms with Gasteiger partial charge in [0.05, 0.1) is 26.4 Å². The van der Waals surface area contributed by atoms with Crippen molar-refractivity contribution in [2.24, 2.45) is 5.92 Å². The van der Waals surface area contributed by atoms with E-state index >= 15 is 0 Å². The third kappa shape index (κ3) is 66.6. The Morgan fingerprint density at radius 1 is 0.344 bits per heavy atom. The first kappa shape index (κ1) is 90.5. The van der Waals surface area contributed by atoms with E-state index in [9.17, 15) is 43.2 Å². The molecule has 19 heteroatoms. The lowest BCUT2D eigenvalue weighted by Gasteiger charge is -2.21. The zero-order chi connectivity index (χ0) is 68.4. The topological polar surface area (TPSA) is 237 Å². The number of rotatable bonds is 72. The molecular formula is C74H140O17P2. The van der Waals surface area contributed by atoms with Gasteiger partial charge in [0.25, 0.3) is 0 Å². The van der Waals surface area contributed by atoms with E-state index < -0.39 is 97.5 Å². The first-order valence-electron chi connectivity index (χ1n) is 38.0. The van der Waals surface area contributed by atoms with Gasteiger partial charge in [-0.25, -0.2) is 9.13 Å². The number of carbonyl (C=O) groups is 4. The molecule has 0 saturated carbocycles. The van der Waals surface area contributed by atoms with E-state index in [4.69, 9.17) is 37.0 Å². The van der Waals surface area contributed by atoms with Crippen molar-refractivity contribution in [3.63, 3.8) is 0 Å². The third-order valence-electron chi connectivity index (χ3n) is 17.0. The summed E-state index contributed by atoms with van der Waals surface area (Å²) in [4.78, 5) is 72.7. The number of phosphoric acid groups is 2. The highest BCUT2D eigenvalue weighted by atomic mass is 31.2. The molecule has 3 N–H and O–H groups in total.